The minimum absolute atomic E-state index is 0.0360. The SMILES string of the molecule is N=C(N)c1ccc(CCCCNC(=O)[C@@H](CCC(=O)O)NC(=O)CCc2ccccc2)cc1. The van der Waals surface area contributed by atoms with Crippen LogP contribution in [0, 0.1) is 5.41 Å². The number of carboxylic acid groups (broad SMARTS) is 1. The van der Waals surface area contributed by atoms with Gasteiger partial charge >= 0.3 is 5.97 Å². The smallest absolute Gasteiger partial charge is 0.303 e. The van der Waals surface area contributed by atoms with E-state index in [0.29, 0.717) is 18.5 Å². The van der Waals surface area contributed by atoms with Crippen molar-refractivity contribution in [2.75, 3.05) is 6.54 Å². The number of carbonyl (C=O) groups is 3. The maximum atomic E-state index is 12.5. The Morgan fingerprint density at radius 2 is 1.58 bits per heavy atom. The fourth-order valence-corrected chi connectivity index (χ4v) is 3.35. The van der Waals surface area contributed by atoms with Crippen LogP contribution in [0.3, 0.4) is 0 Å². The Labute approximate surface area is 194 Å². The molecule has 2 amide bonds. The number of rotatable bonds is 14. The van der Waals surface area contributed by atoms with Crippen molar-refractivity contribution in [2.24, 2.45) is 5.73 Å². The van der Waals surface area contributed by atoms with Crippen LogP contribution in [0.25, 0.3) is 0 Å². The molecule has 1 atom stereocenters. The highest BCUT2D eigenvalue weighted by atomic mass is 16.4. The summed E-state index contributed by atoms with van der Waals surface area (Å²) in [6, 6.07) is 16.2. The highest BCUT2D eigenvalue weighted by Gasteiger charge is 2.21. The molecular formula is C25H32N4O4. The van der Waals surface area contributed by atoms with Gasteiger partial charge in [0.25, 0.3) is 0 Å². The number of nitrogens with two attached hydrogens (primary N) is 1. The van der Waals surface area contributed by atoms with Gasteiger partial charge in [0.15, 0.2) is 0 Å². The molecule has 0 bridgehead atoms. The molecule has 176 valence electrons. The number of unbranched alkanes of at least 4 members (excludes halogenated alkanes) is 1. The molecule has 0 radical (unpaired) electrons. The fraction of sp³-hybridized carbons (Fsp3) is 0.360. The van der Waals surface area contributed by atoms with Crippen molar-refractivity contribution in [1.82, 2.24) is 10.6 Å². The van der Waals surface area contributed by atoms with E-state index >= 15 is 0 Å². The largest absolute Gasteiger partial charge is 0.481 e. The number of nitrogens with one attached hydrogen (secondary N) is 3. The number of hydrogen-bond donors (Lipinski definition) is 5. The number of amidine groups is 1. The maximum absolute atomic E-state index is 12.5. The number of carboxylic acids is 1. The second kappa shape index (κ2) is 13.7. The van der Waals surface area contributed by atoms with E-state index in [1.54, 1.807) is 0 Å². The van der Waals surface area contributed by atoms with Crippen molar-refractivity contribution < 1.29 is 19.5 Å². The van der Waals surface area contributed by atoms with Gasteiger partial charge in [0, 0.05) is 24.9 Å². The Balaban J connectivity index is 1.75. The number of aryl methyl sites for hydroxylation is 2. The summed E-state index contributed by atoms with van der Waals surface area (Å²) in [4.78, 5) is 35.8. The van der Waals surface area contributed by atoms with E-state index in [-0.39, 0.29) is 36.9 Å². The monoisotopic (exact) mass is 452 g/mol. The summed E-state index contributed by atoms with van der Waals surface area (Å²) < 4.78 is 0. The second-order valence-corrected chi connectivity index (χ2v) is 7.90. The molecule has 0 saturated carbocycles. The minimum Gasteiger partial charge on any atom is -0.481 e. The van der Waals surface area contributed by atoms with E-state index < -0.39 is 12.0 Å². The van der Waals surface area contributed by atoms with Crippen molar-refractivity contribution in [3.63, 3.8) is 0 Å². The lowest BCUT2D eigenvalue weighted by Crippen LogP contribution is -2.47. The van der Waals surface area contributed by atoms with Gasteiger partial charge in [-0.05, 0) is 43.2 Å². The fourth-order valence-electron chi connectivity index (χ4n) is 3.35. The Kier molecular flexibility index (Phi) is 10.6. The summed E-state index contributed by atoms with van der Waals surface area (Å²) in [5, 5.41) is 21.9. The van der Waals surface area contributed by atoms with Crippen LogP contribution in [0.5, 0.6) is 0 Å². The van der Waals surface area contributed by atoms with Crippen LogP contribution in [0.2, 0.25) is 0 Å². The zero-order valence-corrected chi connectivity index (χ0v) is 18.7. The van der Waals surface area contributed by atoms with Gasteiger partial charge in [-0.25, -0.2) is 0 Å². The summed E-state index contributed by atoms with van der Waals surface area (Å²) in [6.45, 7) is 0.438. The molecule has 0 spiro atoms. The van der Waals surface area contributed by atoms with Crippen LogP contribution in [-0.4, -0.2) is 41.3 Å². The zero-order chi connectivity index (χ0) is 24.1. The Morgan fingerprint density at radius 3 is 2.21 bits per heavy atom. The number of carbonyl (C=O) groups excluding carboxylic acids is 2. The normalized spacial score (nSPS) is 11.4. The van der Waals surface area contributed by atoms with E-state index in [0.717, 1.165) is 30.4 Å². The first kappa shape index (κ1) is 25.6. The Bertz CT molecular complexity index is 929. The topological polar surface area (TPSA) is 145 Å². The zero-order valence-electron chi connectivity index (χ0n) is 18.7. The van der Waals surface area contributed by atoms with Gasteiger partial charge in [0.2, 0.25) is 11.8 Å². The standard InChI is InChI=1S/C25H32N4O4/c26-24(27)20-12-9-19(10-13-20)8-4-5-17-28-25(33)21(14-16-23(31)32)29-22(30)15-11-18-6-2-1-3-7-18/h1-3,6-7,9-10,12-13,21H,4-5,8,11,14-17H2,(H3,26,27)(H,28,33)(H,29,30)(H,31,32)/t21-/m1/s1. The van der Waals surface area contributed by atoms with Crippen molar-refractivity contribution in [3.8, 4) is 0 Å². The van der Waals surface area contributed by atoms with Crippen LogP contribution in [0.4, 0.5) is 0 Å². The third-order valence-corrected chi connectivity index (χ3v) is 5.24. The molecule has 0 aliphatic heterocycles. The molecule has 0 heterocycles. The molecule has 2 aromatic rings. The molecule has 2 rings (SSSR count). The maximum Gasteiger partial charge on any atom is 0.303 e. The molecule has 2 aromatic carbocycles. The van der Waals surface area contributed by atoms with Crippen LogP contribution in [0.1, 0.15) is 48.8 Å². The molecule has 0 aliphatic carbocycles. The summed E-state index contributed by atoms with van der Waals surface area (Å²) in [6.07, 6.45) is 3.04. The van der Waals surface area contributed by atoms with E-state index in [1.165, 1.54) is 0 Å². The number of benzene rings is 2. The first-order valence-electron chi connectivity index (χ1n) is 11.1. The molecule has 0 aliphatic rings. The van der Waals surface area contributed by atoms with E-state index in [9.17, 15) is 14.4 Å². The third-order valence-electron chi connectivity index (χ3n) is 5.24. The quantitative estimate of drug-likeness (QED) is 0.170. The van der Waals surface area contributed by atoms with Crippen LogP contribution >= 0.6 is 0 Å². The summed E-state index contributed by atoms with van der Waals surface area (Å²) in [5.41, 5.74) is 8.28. The number of amides is 2. The highest BCUT2D eigenvalue weighted by Crippen LogP contribution is 2.08. The lowest BCUT2D eigenvalue weighted by atomic mass is 10.1. The summed E-state index contributed by atoms with van der Waals surface area (Å²) >= 11 is 0. The average molecular weight is 453 g/mol. The van der Waals surface area contributed by atoms with Gasteiger partial charge in [-0.1, -0.05) is 54.6 Å². The predicted molar refractivity (Wildman–Crippen MR) is 127 cm³/mol. The van der Waals surface area contributed by atoms with Gasteiger partial charge in [0.05, 0.1) is 0 Å². The molecule has 0 unspecified atom stereocenters. The van der Waals surface area contributed by atoms with E-state index in [1.807, 2.05) is 54.6 Å². The van der Waals surface area contributed by atoms with Gasteiger partial charge < -0.3 is 21.5 Å². The highest BCUT2D eigenvalue weighted by molar-refractivity contribution is 5.94. The molecule has 8 nitrogen and oxygen atoms in total. The number of aliphatic carboxylic acids is 1. The van der Waals surface area contributed by atoms with Gasteiger partial charge in [-0.2, -0.15) is 0 Å². The third kappa shape index (κ3) is 9.99. The number of hydrogen-bond acceptors (Lipinski definition) is 4. The number of nitrogen functional groups attached to an aromatic ring is 1. The molecule has 8 heteroatoms. The Hall–Kier alpha value is -3.68. The van der Waals surface area contributed by atoms with E-state index in [4.69, 9.17) is 16.2 Å². The van der Waals surface area contributed by atoms with Gasteiger partial charge in [0.1, 0.15) is 11.9 Å². The van der Waals surface area contributed by atoms with Crippen molar-refractivity contribution in [3.05, 3.63) is 71.3 Å². The first-order valence-corrected chi connectivity index (χ1v) is 11.1. The van der Waals surface area contributed by atoms with Gasteiger partial charge in [-0.3, -0.25) is 19.8 Å². The lowest BCUT2D eigenvalue weighted by Gasteiger charge is -2.18. The van der Waals surface area contributed by atoms with Gasteiger partial charge in [-0.15, -0.1) is 0 Å². The van der Waals surface area contributed by atoms with Crippen LogP contribution < -0.4 is 16.4 Å². The van der Waals surface area contributed by atoms with Crippen molar-refractivity contribution >= 4 is 23.6 Å². The van der Waals surface area contributed by atoms with E-state index in [2.05, 4.69) is 10.6 Å². The molecule has 0 aromatic heterocycles. The molecule has 33 heavy (non-hydrogen) atoms. The summed E-state index contributed by atoms with van der Waals surface area (Å²) in [5.74, 6) is -1.62. The van der Waals surface area contributed by atoms with Crippen LogP contribution in [0.15, 0.2) is 54.6 Å². The van der Waals surface area contributed by atoms with Crippen LogP contribution in [-0.2, 0) is 27.2 Å². The Morgan fingerprint density at radius 1 is 0.909 bits per heavy atom. The predicted octanol–water partition coefficient (Wildman–Crippen LogP) is 2.39. The second-order valence-electron chi connectivity index (χ2n) is 7.90. The molecular weight excluding hydrogens is 420 g/mol. The summed E-state index contributed by atoms with van der Waals surface area (Å²) in [7, 11) is 0. The average Bonchev–Trinajstić information content (AvgIpc) is 2.81. The van der Waals surface area contributed by atoms with Crippen molar-refractivity contribution in [2.45, 2.75) is 51.0 Å². The molecule has 0 fully saturated rings. The first-order chi connectivity index (χ1) is 15.8. The molecule has 6 N–H and O–H groups in total. The van der Waals surface area contributed by atoms with Crippen molar-refractivity contribution in [1.29, 1.82) is 5.41 Å². The lowest BCUT2D eigenvalue weighted by molar-refractivity contribution is -0.138. The minimum atomic E-state index is -1.01. The molecule has 0 saturated heterocycles.